The zero-order chi connectivity index (χ0) is 30.6. The Morgan fingerprint density at radius 1 is 0.614 bits per heavy atom. The van der Waals surface area contributed by atoms with Gasteiger partial charge in [0.05, 0.1) is 13.2 Å². The van der Waals surface area contributed by atoms with Crippen LogP contribution in [0.25, 0.3) is 11.1 Å². The highest BCUT2D eigenvalue weighted by Gasteiger charge is 2.35. The fourth-order valence-electron chi connectivity index (χ4n) is 7.35. The van der Waals surface area contributed by atoms with E-state index in [9.17, 15) is 0 Å². The average Bonchev–Trinajstić information content (AvgIpc) is 3.16. The molecule has 2 aliphatic carbocycles. The Kier molecular flexibility index (Phi) is 13.2. The van der Waals surface area contributed by atoms with Crippen molar-refractivity contribution in [1.82, 2.24) is 0 Å². The van der Waals surface area contributed by atoms with Crippen LogP contribution in [0.5, 0.6) is 0 Å². The van der Waals surface area contributed by atoms with Gasteiger partial charge in [0.15, 0.2) is 0 Å². The molecule has 3 aromatic rings. The number of benzene rings is 3. The van der Waals surface area contributed by atoms with Gasteiger partial charge in [-0.15, -0.1) is 0 Å². The van der Waals surface area contributed by atoms with E-state index in [4.69, 9.17) is 9.47 Å². The zero-order valence-corrected chi connectivity index (χ0v) is 28.8. The minimum atomic E-state index is 0.242. The molecular formula is C41H53BrO2. The second kappa shape index (κ2) is 17.5. The summed E-state index contributed by atoms with van der Waals surface area (Å²) in [4.78, 5) is 0. The van der Waals surface area contributed by atoms with Crippen LogP contribution in [0.4, 0.5) is 0 Å². The molecule has 2 nitrogen and oxygen atoms in total. The first-order valence-corrected chi connectivity index (χ1v) is 18.4. The second-order valence-corrected chi connectivity index (χ2v) is 13.8. The molecule has 3 aromatic carbocycles. The zero-order valence-electron chi connectivity index (χ0n) is 27.2. The summed E-state index contributed by atoms with van der Waals surface area (Å²) in [6, 6.07) is 25.3. The highest BCUT2D eigenvalue weighted by molar-refractivity contribution is 9.10. The summed E-state index contributed by atoms with van der Waals surface area (Å²) in [6.07, 6.45) is 16.0. The molecule has 0 bridgehead atoms. The summed E-state index contributed by atoms with van der Waals surface area (Å²) in [5.74, 6) is 0.485. The third kappa shape index (κ3) is 8.33. The lowest BCUT2D eigenvalue weighted by atomic mass is 9.80. The Bertz CT molecular complexity index is 1290. The quantitative estimate of drug-likeness (QED) is 0.143. The molecule has 5 rings (SSSR count). The standard InChI is InChI=1S/C41H53BrO2/c1-3-5-7-9-15-26-43-29-39-33-19-11-13-21-35(33)41(37-23-17-18-31-24-25-32(42)28-38(31)37)36-22-14-12-20-34(36)40(39)30-44-27-16-10-8-6-4-2/h11-14,19-22,24-25,28,39-40H,3-10,15-18,23,26-27,29-30H2,1-2H3/t39-,40-/m0/s1. The van der Waals surface area contributed by atoms with Crippen LogP contribution >= 0.6 is 15.9 Å². The number of allylic oxidation sites excluding steroid dienone is 1. The van der Waals surface area contributed by atoms with Crippen LogP contribution in [-0.2, 0) is 15.9 Å². The predicted octanol–water partition coefficient (Wildman–Crippen LogP) is 11.9. The van der Waals surface area contributed by atoms with E-state index in [0.717, 1.165) is 56.6 Å². The molecule has 0 unspecified atom stereocenters. The second-order valence-electron chi connectivity index (χ2n) is 12.9. The summed E-state index contributed by atoms with van der Waals surface area (Å²) < 4.78 is 14.3. The normalized spacial score (nSPS) is 17.6. The number of hydrogen-bond acceptors (Lipinski definition) is 2. The number of unbranched alkanes of at least 4 members (excludes halogenated alkanes) is 8. The molecule has 0 fully saturated rings. The molecule has 2 aliphatic rings. The van der Waals surface area contributed by atoms with E-state index in [1.807, 2.05) is 0 Å². The van der Waals surface area contributed by atoms with Crippen LogP contribution < -0.4 is 0 Å². The molecule has 0 spiro atoms. The fourth-order valence-corrected chi connectivity index (χ4v) is 7.71. The molecule has 0 aromatic heterocycles. The molecule has 0 saturated heterocycles. The SMILES string of the molecule is CCCCCCCOC[C@H]1c2ccccc2C(=C2CCCc3ccc(Br)cc32)c2ccccc2[C@@H]1COCCCCCCC. The van der Waals surface area contributed by atoms with Crippen molar-refractivity contribution in [1.29, 1.82) is 0 Å². The third-order valence-corrected chi connectivity index (χ3v) is 10.2. The van der Waals surface area contributed by atoms with Gasteiger partial charge in [-0.2, -0.15) is 0 Å². The maximum absolute atomic E-state index is 6.56. The van der Waals surface area contributed by atoms with Crippen molar-refractivity contribution >= 4 is 27.1 Å². The van der Waals surface area contributed by atoms with Gasteiger partial charge in [0, 0.05) is 29.5 Å². The number of halogens is 1. The van der Waals surface area contributed by atoms with Gasteiger partial charge >= 0.3 is 0 Å². The molecule has 236 valence electrons. The first-order valence-electron chi connectivity index (χ1n) is 17.6. The van der Waals surface area contributed by atoms with Gasteiger partial charge in [0.1, 0.15) is 0 Å². The molecule has 2 atom stereocenters. The number of ether oxygens (including phenoxy) is 2. The molecule has 0 heterocycles. The van der Waals surface area contributed by atoms with Crippen molar-refractivity contribution in [2.75, 3.05) is 26.4 Å². The monoisotopic (exact) mass is 656 g/mol. The van der Waals surface area contributed by atoms with Gasteiger partial charge in [-0.1, -0.05) is 136 Å². The van der Waals surface area contributed by atoms with E-state index in [1.165, 1.54) is 102 Å². The third-order valence-electron chi connectivity index (χ3n) is 9.70. The van der Waals surface area contributed by atoms with Crippen molar-refractivity contribution in [2.24, 2.45) is 0 Å². The number of hydrogen-bond donors (Lipinski definition) is 0. The Morgan fingerprint density at radius 2 is 1.16 bits per heavy atom. The summed E-state index contributed by atoms with van der Waals surface area (Å²) in [5.41, 5.74) is 11.4. The lowest BCUT2D eigenvalue weighted by Gasteiger charge is -2.28. The maximum Gasteiger partial charge on any atom is 0.0541 e. The van der Waals surface area contributed by atoms with E-state index < -0.39 is 0 Å². The molecule has 0 N–H and O–H groups in total. The fraction of sp³-hybridized carbons (Fsp3) is 0.512. The summed E-state index contributed by atoms with van der Waals surface area (Å²) in [5, 5.41) is 0. The van der Waals surface area contributed by atoms with Crippen LogP contribution in [0.15, 0.2) is 71.2 Å². The summed E-state index contributed by atoms with van der Waals surface area (Å²) >= 11 is 3.79. The van der Waals surface area contributed by atoms with Crippen LogP contribution in [0.2, 0.25) is 0 Å². The number of rotatable bonds is 16. The summed E-state index contributed by atoms with van der Waals surface area (Å²) in [6.45, 7) is 7.69. The molecule has 0 radical (unpaired) electrons. The number of fused-ring (bicyclic) bond motifs is 3. The smallest absolute Gasteiger partial charge is 0.0541 e. The van der Waals surface area contributed by atoms with Crippen LogP contribution in [0.3, 0.4) is 0 Å². The van der Waals surface area contributed by atoms with E-state index in [2.05, 4.69) is 96.5 Å². The minimum absolute atomic E-state index is 0.242. The largest absolute Gasteiger partial charge is 0.381 e. The van der Waals surface area contributed by atoms with Gasteiger partial charge < -0.3 is 9.47 Å². The van der Waals surface area contributed by atoms with Gasteiger partial charge in [0.2, 0.25) is 0 Å². The molecule has 0 amide bonds. The van der Waals surface area contributed by atoms with E-state index in [1.54, 1.807) is 0 Å². The number of aryl methyl sites for hydroxylation is 1. The topological polar surface area (TPSA) is 18.5 Å². The van der Waals surface area contributed by atoms with Crippen LogP contribution in [0, 0.1) is 0 Å². The van der Waals surface area contributed by atoms with Crippen molar-refractivity contribution < 1.29 is 9.47 Å². The first-order chi connectivity index (χ1) is 21.7. The molecule has 3 heteroatoms. The molecule has 0 aliphatic heterocycles. The van der Waals surface area contributed by atoms with Gasteiger partial charge in [-0.05, 0) is 88.8 Å². The van der Waals surface area contributed by atoms with Gasteiger partial charge in [-0.25, -0.2) is 0 Å². The van der Waals surface area contributed by atoms with Crippen LogP contribution in [-0.4, -0.2) is 26.4 Å². The minimum Gasteiger partial charge on any atom is -0.381 e. The Balaban J connectivity index is 1.53. The Hall–Kier alpha value is -2.20. The molecule has 0 saturated carbocycles. The lowest BCUT2D eigenvalue weighted by Crippen LogP contribution is -2.22. The lowest BCUT2D eigenvalue weighted by molar-refractivity contribution is 0.0746. The highest BCUT2D eigenvalue weighted by atomic mass is 79.9. The van der Waals surface area contributed by atoms with E-state index in [-0.39, 0.29) is 11.8 Å². The first kappa shape index (κ1) is 33.2. The molecular weight excluding hydrogens is 604 g/mol. The Morgan fingerprint density at radius 3 is 1.73 bits per heavy atom. The van der Waals surface area contributed by atoms with E-state index >= 15 is 0 Å². The molecule has 44 heavy (non-hydrogen) atoms. The van der Waals surface area contributed by atoms with Gasteiger partial charge in [-0.3, -0.25) is 0 Å². The predicted molar refractivity (Wildman–Crippen MR) is 191 cm³/mol. The Labute approximate surface area is 275 Å². The average molecular weight is 658 g/mol. The van der Waals surface area contributed by atoms with Gasteiger partial charge in [0.25, 0.3) is 0 Å². The van der Waals surface area contributed by atoms with Crippen molar-refractivity contribution in [3.63, 3.8) is 0 Å². The van der Waals surface area contributed by atoms with E-state index in [0.29, 0.717) is 0 Å². The van der Waals surface area contributed by atoms with Crippen molar-refractivity contribution in [3.8, 4) is 0 Å². The highest BCUT2D eigenvalue weighted by Crippen LogP contribution is 2.49. The van der Waals surface area contributed by atoms with Crippen molar-refractivity contribution in [3.05, 3.63) is 105 Å². The maximum atomic E-state index is 6.56. The summed E-state index contributed by atoms with van der Waals surface area (Å²) in [7, 11) is 0. The van der Waals surface area contributed by atoms with Crippen LogP contribution in [0.1, 0.15) is 136 Å². The van der Waals surface area contributed by atoms with Crippen molar-refractivity contribution in [2.45, 2.75) is 109 Å².